The van der Waals surface area contributed by atoms with Crippen LogP contribution in [-0.2, 0) is 14.2 Å². The molecule has 0 aromatic rings. The number of alkyl halides is 1. The maximum absolute atomic E-state index is 5.57. The van der Waals surface area contributed by atoms with Gasteiger partial charge in [-0.2, -0.15) is 0 Å². The van der Waals surface area contributed by atoms with E-state index in [1.807, 2.05) is 34.6 Å². The lowest BCUT2D eigenvalue weighted by Crippen LogP contribution is -2.35. The van der Waals surface area contributed by atoms with Gasteiger partial charge in [0.2, 0.25) is 0 Å². The van der Waals surface area contributed by atoms with Crippen LogP contribution in [-0.4, -0.2) is 30.7 Å². The van der Waals surface area contributed by atoms with Gasteiger partial charge in [0, 0.05) is 0 Å². The molecule has 0 radical (unpaired) electrons. The zero-order valence-electron chi connectivity index (χ0n) is 9.62. The minimum atomic E-state index is -0.353. The minimum Gasteiger partial charge on any atom is -0.358 e. The molecule has 0 aromatic carbocycles. The van der Waals surface area contributed by atoms with Crippen molar-refractivity contribution in [2.75, 3.05) is 6.07 Å². The highest BCUT2D eigenvalue weighted by Crippen LogP contribution is 2.11. The van der Waals surface area contributed by atoms with Crippen LogP contribution >= 0.6 is 11.6 Å². The molecule has 14 heavy (non-hydrogen) atoms. The average Bonchev–Trinajstić information content (AvgIpc) is 2.01. The lowest BCUT2D eigenvalue weighted by molar-refractivity contribution is -0.227. The van der Waals surface area contributed by atoms with Crippen LogP contribution in [0.4, 0.5) is 0 Å². The van der Waals surface area contributed by atoms with Crippen LogP contribution < -0.4 is 0 Å². The molecule has 0 spiro atoms. The van der Waals surface area contributed by atoms with Gasteiger partial charge in [0.1, 0.15) is 12.2 Å². The van der Waals surface area contributed by atoms with Crippen LogP contribution in [0.25, 0.3) is 0 Å². The maximum Gasteiger partial charge on any atom is 0.184 e. The summed E-state index contributed by atoms with van der Waals surface area (Å²) < 4.78 is 16.4. The number of ether oxygens (including phenoxy) is 3. The maximum atomic E-state index is 5.57. The molecule has 0 fully saturated rings. The third kappa shape index (κ3) is 6.60. The summed E-state index contributed by atoms with van der Waals surface area (Å²) in [5.41, 5.74) is 0. The molecule has 0 bridgehead atoms. The van der Waals surface area contributed by atoms with Crippen molar-refractivity contribution in [3.05, 3.63) is 0 Å². The first-order valence-electron chi connectivity index (χ1n) is 4.95. The third-order valence-corrected chi connectivity index (χ3v) is 1.65. The molecule has 0 aliphatic carbocycles. The second-order valence-corrected chi connectivity index (χ2v) is 3.94. The smallest absolute Gasteiger partial charge is 0.184 e. The van der Waals surface area contributed by atoms with E-state index in [0.717, 1.165) is 0 Å². The van der Waals surface area contributed by atoms with Crippen LogP contribution in [0.2, 0.25) is 0 Å². The highest BCUT2D eigenvalue weighted by molar-refractivity contribution is 6.17. The molecule has 1 unspecified atom stereocenters. The van der Waals surface area contributed by atoms with Crippen LogP contribution in [0.5, 0.6) is 0 Å². The van der Waals surface area contributed by atoms with Crippen molar-refractivity contribution in [2.45, 2.75) is 59.2 Å². The predicted molar refractivity (Wildman–Crippen MR) is 57.5 cm³/mol. The SMILES string of the molecule is CC(C)OC(OC(C)C)C(C)OCCl. The first-order chi connectivity index (χ1) is 6.47. The molecular weight excluding hydrogens is 204 g/mol. The van der Waals surface area contributed by atoms with Gasteiger partial charge in [-0.05, 0) is 34.6 Å². The lowest BCUT2D eigenvalue weighted by atomic mass is 10.3. The van der Waals surface area contributed by atoms with Crippen molar-refractivity contribution in [2.24, 2.45) is 0 Å². The van der Waals surface area contributed by atoms with Gasteiger partial charge in [-0.15, -0.1) is 0 Å². The molecule has 0 heterocycles. The summed E-state index contributed by atoms with van der Waals surface area (Å²) in [4.78, 5) is 0. The molecule has 0 saturated heterocycles. The van der Waals surface area contributed by atoms with E-state index in [-0.39, 0.29) is 30.7 Å². The Morgan fingerprint density at radius 1 is 0.929 bits per heavy atom. The molecule has 3 nitrogen and oxygen atoms in total. The first kappa shape index (κ1) is 14.2. The van der Waals surface area contributed by atoms with Crippen LogP contribution in [0.15, 0.2) is 0 Å². The number of hydrogen-bond acceptors (Lipinski definition) is 3. The van der Waals surface area contributed by atoms with E-state index in [9.17, 15) is 0 Å². The Morgan fingerprint density at radius 3 is 1.64 bits per heavy atom. The fourth-order valence-electron chi connectivity index (χ4n) is 0.968. The van der Waals surface area contributed by atoms with Gasteiger partial charge >= 0.3 is 0 Å². The van der Waals surface area contributed by atoms with Crippen molar-refractivity contribution < 1.29 is 14.2 Å². The van der Waals surface area contributed by atoms with Crippen LogP contribution in [0.3, 0.4) is 0 Å². The highest BCUT2D eigenvalue weighted by atomic mass is 35.5. The molecule has 4 heteroatoms. The van der Waals surface area contributed by atoms with Gasteiger partial charge in [0.25, 0.3) is 0 Å². The molecule has 0 N–H and O–H groups in total. The van der Waals surface area contributed by atoms with E-state index in [1.165, 1.54) is 0 Å². The van der Waals surface area contributed by atoms with Gasteiger partial charge in [-0.1, -0.05) is 11.6 Å². The summed E-state index contributed by atoms with van der Waals surface area (Å²) in [7, 11) is 0. The predicted octanol–water partition coefficient (Wildman–Crippen LogP) is 2.76. The normalized spacial score (nSPS) is 14.4. The molecule has 1 atom stereocenters. The summed E-state index contributed by atoms with van der Waals surface area (Å²) in [6, 6.07) is 0.153. The van der Waals surface area contributed by atoms with E-state index >= 15 is 0 Å². The molecule has 86 valence electrons. The van der Waals surface area contributed by atoms with E-state index in [2.05, 4.69) is 0 Å². The fraction of sp³-hybridized carbons (Fsp3) is 1.00. The van der Waals surface area contributed by atoms with Gasteiger partial charge in [-0.3, -0.25) is 0 Å². The molecule has 0 aliphatic heterocycles. The van der Waals surface area contributed by atoms with Crippen LogP contribution in [0.1, 0.15) is 34.6 Å². The molecule has 0 saturated carbocycles. The second kappa shape index (κ2) is 7.46. The van der Waals surface area contributed by atoms with Gasteiger partial charge in [0.05, 0.1) is 12.2 Å². The van der Waals surface area contributed by atoms with Gasteiger partial charge in [-0.25, -0.2) is 0 Å². The van der Waals surface area contributed by atoms with Gasteiger partial charge < -0.3 is 14.2 Å². The summed E-state index contributed by atoms with van der Waals surface area (Å²) in [6.07, 6.45) is -0.286. The summed E-state index contributed by atoms with van der Waals surface area (Å²) in [6.45, 7) is 9.74. The Hall–Kier alpha value is 0.170. The topological polar surface area (TPSA) is 27.7 Å². The molecular formula is C10H21ClO3. The Balaban J connectivity index is 4.08. The number of rotatable bonds is 7. The Bertz CT molecular complexity index is 129. The van der Waals surface area contributed by atoms with E-state index in [0.29, 0.717) is 0 Å². The van der Waals surface area contributed by atoms with Crippen molar-refractivity contribution >= 4 is 11.6 Å². The average molecular weight is 225 g/mol. The van der Waals surface area contributed by atoms with Crippen molar-refractivity contribution in [1.29, 1.82) is 0 Å². The Morgan fingerprint density at radius 2 is 1.36 bits per heavy atom. The first-order valence-corrected chi connectivity index (χ1v) is 5.49. The van der Waals surface area contributed by atoms with E-state index in [1.54, 1.807) is 0 Å². The zero-order valence-corrected chi connectivity index (χ0v) is 10.4. The van der Waals surface area contributed by atoms with Crippen LogP contribution in [0, 0.1) is 0 Å². The molecule has 0 amide bonds. The Kier molecular flexibility index (Phi) is 7.55. The van der Waals surface area contributed by atoms with E-state index in [4.69, 9.17) is 25.8 Å². The number of halogens is 1. The standard InChI is InChI=1S/C10H21ClO3/c1-7(2)13-10(14-8(3)4)9(5)12-6-11/h7-10H,6H2,1-5H3. The second-order valence-electron chi connectivity index (χ2n) is 3.72. The summed E-state index contributed by atoms with van der Waals surface area (Å²) in [5, 5.41) is 0. The quantitative estimate of drug-likeness (QED) is 0.492. The molecule has 0 rings (SSSR count). The van der Waals surface area contributed by atoms with Crippen molar-refractivity contribution in [3.63, 3.8) is 0 Å². The third-order valence-electron chi connectivity index (χ3n) is 1.52. The fourth-order valence-corrected chi connectivity index (χ4v) is 1.17. The monoisotopic (exact) mass is 224 g/mol. The minimum absolute atomic E-state index is 0.111. The Labute approximate surface area is 91.7 Å². The highest BCUT2D eigenvalue weighted by Gasteiger charge is 2.21. The molecule has 0 aliphatic rings. The van der Waals surface area contributed by atoms with Gasteiger partial charge in [0.15, 0.2) is 6.29 Å². The summed E-state index contributed by atoms with van der Waals surface area (Å²) in [5.74, 6) is 0. The van der Waals surface area contributed by atoms with E-state index < -0.39 is 0 Å². The number of hydrogen-bond donors (Lipinski definition) is 0. The summed E-state index contributed by atoms with van der Waals surface area (Å²) >= 11 is 5.48. The zero-order chi connectivity index (χ0) is 11.1. The molecule has 0 aromatic heterocycles. The largest absolute Gasteiger partial charge is 0.358 e. The van der Waals surface area contributed by atoms with Crippen molar-refractivity contribution in [3.8, 4) is 0 Å². The van der Waals surface area contributed by atoms with Crippen molar-refractivity contribution in [1.82, 2.24) is 0 Å². The lowest BCUT2D eigenvalue weighted by Gasteiger charge is -2.27.